The second-order valence-electron chi connectivity index (χ2n) is 5.39. The summed E-state index contributed by atoms with van der Waals surface area (Å²) in [6.45, 7) is 6.37. The van der Waals surface area contributed by atoms with E-state index in [4.69, 9.17) is 5.73 Å². The Morgan fingerprint density at radius 2 is 2.05 bits per heavy atom. The molecule has 0 bridgehead atoms. The molecule has 3 nitrogen and oxygen atoms in total. The Bertz CT molecular complexity index is 414. The first-order valence-electron chi connectivity index (χ1n) is 7.07. The van der Waals surface area contributed by atoms with Crippen LogP contribution in [0.15, 0.2) is 18.2 Å². The van der Waals surface area contributed by atoms with Crippen LogP contribution in [0.5, 0.6) is 0 Å². The average Bonchev–Trinajstić information content (AvgIpc) is 2.44. The predicted octanol–water partition coefficient (Wildman–Crippen LogP) is 2.32. The van der Waals surface area contributed by atoms with Crippen LogP contribution in [0.4, 0.5) is 10.1 Å². The summed E-state index contributed by atoms with van der Waals surface area (Å²) in [7, 11) is 2.11. The van der Waals surface area contributed by atoms with Gasteiger partial charge in [-0.3, -0.25) is 4.90 Å². The van der Waals surface area contributed by atoms with E-state index >= 15 is 0 Å². The van der Waals surface area contributed by atoms with Gasteiger partial charge in [-0.15, -0.1) is 0 Å². The highest BCUT2D eigenvalue weighted by Crippen LogP contribution is 2.21. The molecular formula is C15H24FN3. The van der Waals surface area contributed by atoms with E-state index < -0.39 is 0 Å². The van der Waals surface area contributed by atoms with Crippen molar-refractivity contribution in [2.24, 2.45) is 0 Å². The van der Waals surface area contributed by atoms with Gasteiger partial charge in [0.25, 0.3) is 0 Å². The van der Waals surface area contributed by atoms with Gasteiger partial charge in [-0.2, -0.15) is 0 Å². The molecule has 0 saturated carbocycles. The van der Waals surface area contributed by atoms with Crippen molar-refractivity contribution in [3.8, 4) is 0 Å². The SMILES string of the molecule is CCN1CCC(N(C)Cc2cccc(F)c2N)CC1. The van der Waals surface area contributed by atoms with Crippen molar-refractivity contribution in [2.45, 2.75) is 32.4 Å². The Morgan fingerprint density at radius 3 is 2.68 bits per heavy atom. The number of piperidine rings is 1. The molecule has 1 aromatic rings. The molecule has 0 aromatic heterocycles. The van der Waals surface area contributed by atoms with E-state index in [9.17, 15) is 4.39 Å². The van der Waals surface area contributed by atoms with Gasteiger partial charge in [-0.1, -0.05) is 19.1 Å². The van der Waals surface area contributed by atoms with Crippen molar-refractivity contribution in [2.75, 3.05) is 32.4 Å². The minimum atomic E-state index is -0.313. The maximum absolute atomic E-state index is 13.4. The number of para-hydroxylation sites is 1. The number of nitrogens with two attached hydrogens (primary N) is 1. The van der Waals surface area contributed by atoms with Crippen molar-refractivity contribution in [1.82, 2.24) is 9.80 Å². The zero-order chi connectivity index (χ0) is 13.8. The first-order chi connectivity index (χ1) is 9.11. The van der Waals surface area contributed by atoms with Crippen molar-refractivity contribution in [3.63, 3.8) is 0 Å². The second kappa shape index (κ2) is 6.35. The largest absolute Gasteiger partial charge is 0.396 e. The van der Waals surface area contributed by atoms with Crippen LogP contribution in [-0.4, -0.2) is 42.5 Å². The van der Waals surface area contributed by atoms with Crippen molar-refractivity contribution in [3.05, 3.63) is 29.6 Å². The molecule has 19 heavy (non-hydrogen) atoms. The third-order valence-corrected chi connectivity index (χ3v) is 4.19. The lowest BCUT2D eigenvalue weighted by Crippen LogP contribution is -2.43. The number of anilines is 1. The Balaban J connectivity index is 1.94. The molecular weight excluding hydrogens is 241 g/mol. The quantitative estimate of drug-likeness (QED) is 0.848. The van der Waals surface area contributed by atoms with Gasteiger partial charge < -0.3 is 10.6 Å². The minimum absolute atomic E-state index is 0.292. The molecule has 0 atom stereocenters. The summed E-state index contributed by atoms with van der Waals surface area (Å²) in [4.78, 5) is 4.78. The van der Waals surface area contributed by atoms with Crippen LogP contribution in [0.1, 0.15) is 25.3 Å². The molecule has 1 aromatic carbocycles. The molecule has 4 heteroatoms. The van der Waals surface area contributed by atoms with Gasteiger partial charge in [0.05, 0.1) is 5.69 Å². The summed E-state index contributed by atoms with van der Waals surface area (Å²) in [5, 5.41) is 0. The summed E-state index contributed by atoms with van der Waals surface area (Å²) < 4.78 is 13.4. The first kappa shape index (κ1) is 14.3. The highest BCUT2D eigenvalue weighted by molar-refractivity contribution is 5.47. The fraction of sp³-hybridized carbons (Fsp3) is 0.600. The molecule has 106 valence electrons. The third kappa shape index (κ3) is 3.45. The number of hydrogen-bond donors (Lipinski definition) is 1. The van der Waals surface area contributed by atoms with Gasteiger partial charge >= 0.3 is 0 Å². The molecule has 0 aliphatic carbocycles. The van der Waals surface area contributed by atoms with Crippen molar-refractivity contribution in [1.29, 1.82) is 0 Å². The van der Waals surface area contributed by atoms with E-state index in [1.807, 2.05) is 6.07 Å². The summed E-state index contributed by atoms with van der Waals surface area (Å²) in [5.74, 6) is -0.313. The van der Waals surface area contributed by atoms with Gasteiger partial charge in [0.2, 0.25) is 0 Å². The lowest BCUT2D eigenvalue weighted by atomic mass is 10.0. The fourth-order valence-corrected chi connectivity index (χ4v) is 2.79. The molecule has 0 radical (unpaired) electrons. The van der Waals surface area contributed by atoms with Crippen LogP contribution in [0, 0.1) is 5.82 Å². The van der Waals surface area contributed by atoms with E-state index in [0.717, 1.165) is 31.7 Å². The summed E-state index contributed by atoms with van der Waals surface area (Å²) in [6, 6.07) is 5.63. The van der Waals surface area contributed by atoms with Crippen molar-refractivity contribution >= 4 is 5.69 Å². The van der Waals surface area contributed by atoms with Crippen LogP contribution in [-0.2, 0) is 6.54 Å². The van der Waals surface area contributed by atoms with Gasteiger partial charge in [0.1, 0.15) is 5.82 Å². The van der Waals surface area contributed by atoms with Crippen molar-refractivity contribution < 1.29 is 4.39 Å². The second-order valence-corrected chi connectivity index (χ2v) is 5.39. The van der Waals surface area contributed by atoms with Crippen LogP contribution >= 0.6 is 0 Å². The molecule has 1 heterocycles. The lowest BCUT2D eigenvalue weighted by Gasteiger charge is -2.36. The molecule has 1 saturated heterocycles. The summed E-state index contributed by atoms with van der Waals surface area (Å²) >= 11 is 0. The van der Waals surface area contributed by atoms with E-state index in [1.165, 1.54) is 18.9 Å². The molecule has 0 amide bonds. The van der Waals surface area contributed by atoms with Gasteiger partial charge in [0, 0.05) is 12.6 Å². The maximum atomic E-state index is 13.4. The minimum Gasteiger partial charge on any atom is -0.396 e. The molecule has 2 rings (SSSR count). The summed E-state index contributed by atoms with van der Waals surface area (Å²) in [5.41, 5.74) is 6.98. The first-order valence-corrected chi connectivity index (χ1v) is 7.07. The predicted molar refractivity (Wildman–Crippen MR) is 77.4 cm³/mol. The normalized spacial score (nSPS) is 18.1. The number of hydrogen-bond acceptors (Lipinski definition) is 3. The fourth-order valence-electron chi connectivity index (χ4n) is 2.79. The van der Waals surface area contributed by atoms with Crippen LogP contribution in [0.3, 0.4) is 0 Å². The van der Waals surface area contributed by atoms with E-state index in [-0.39, 0.29) is 5.82 Å². The van der Waals surface area contributed by atoms with Gasteiger partial charge in [-0.25, -0.2) is 4.39 Å². The topological polar surface area (TPSA) is 32.5 Å². The maximum Gasteiger partial charge on any atom is 0.146 e. The van der Waals surface area contributed by atoms with Crippen LogP contribution in [0.25, 0.3) is 0 Å². The number of nitrogen functional groups attached to an aromatic ring is 1. The molecule has 0 spiro atoms. The molecule has 1 aliphatic heterocycles. The van der Waals surface area contributed by atoms with E-state index in [1.54, 1.807) is 6.07 Å². The smallest absolute Gasteiger partial charge is 0.146 e. The average molecular weight is 265 g/mol. The Kier molecular flexibility index (Phi) is 4.77. The number of halogens is 1. The van der Waals surface area contributed by atoms with Crippen LogP contribution in [0.2, 0.25) is 0 Å². The number of nitrogens with zero attached hydrogens (tertiary/aromatic N) is 2. The standard InChI is InChI=1S/C15H24FN3/c1-3-19-9-7-13(8-10-19)18(2)11-12-5-4-6-14(16)15(12)17/h4-6,13H,3,7-11,17H2,1-2H3. The number of rotatable bonds is 4. The lowest BCUT2D eigenvalue weighted by molar-refractivity contribution is 0.127. The molecule has 0 unspecified atom stereocenters. The van der Waals surface area contributed by atoms with Crippen LogP contribution < -0.4 is 5.73 Å². The van der Waals surface area contributed by atoms with E-state index in [2.05, 4.69) is 23.8 Å². The molecule has 1 fully saturated rings. The van der Waals surface area contributed by atoms with Gasteiger partial charge in [-0.05, 0) is 51.2 Å². The summed E-state index contributed by atoms with van der Waals surface area (Å²) in [6.07, 6.45) is 2.36. The van der Waals surface area contributed by atoms with E-state index in [0.29, 0.717) is 11.7 Å². The molecule has 1 aliphatic rings. The highest BCUT2D eigenvalue weighted by Gasteiger charge is 2.22. The monoisotopic (exact) mass is 265 g/mol. The molecule has 2 N–H and O–H groups in total. The Hall–Kier alpha value is -1.13. The van der Waals surface area contributed by atoms with Gasteiger partial charge in [0.15, 0.2) is 0 Å². The Morgan fingerprint density at radius 1 is 1.37 bits per heavy atom. The third-order valence-electron chi connectivity index (χ3n) is 4.19. The highest BCUT2D eigenvalue weighted by atomic mass is 19.1. The number of benzene rings is 1. The zero-order valence-corrected chi connectivity index (χ0v) is 11.9. The Labute approximate surface area is 115 Å². The zero-order valence-electron chi connectivity index (χ0n) is 11.9. The number of likely N-dealkylation sites (tertiary alicyclic amines) is 1.